The van der Waals surface area contributed by atoms with Crippen LogP contribution in [0.3, 0.4) is 0 Å². The monoisotopic (exact) mass is 352 g/mol. The Balaban J connectivity index is 2.09. The number of urea groups is 1. The number of nitrogens with zero attached hydrogens (tertiary/aromatic N) is 2. The van der Waals surface area contributed by atoms with Crippen molar-refractivity contribution in [3.05, 3.63) is 0 Å². The van der Waals surface area contributed by atoms with Gasteiger partial charge in [-0.1, -0.05) is 13.8 Å². The van der Waals surface area contributed by atoms with Crippen LogP contribution < -0.4 is 10.6 Å². The number of nitrogens with one attached hydrogen (secondary N) is 2. The number of piperidine rings is 1. The lowest BCUT2D eigenvalue weighted by molar-refractivity contribution is -0.135. The third-order valence-electron chi connectivity index (χ3n) is 5.02. The number of hydrogen-bond donors (Lipinski definition) is 2. The Morgan fingerprint density at radius 1 is 1.24 bits per heavy atom. The Hall–Kier alpha value is -1.30. The first-order valence-electron chi connectivity index (χ1n) is 9.63. The van der Waals surface area contributed by atoms with Gasteiger partial charge in [0.1, 0.15) is 0 Å². The van der Waals surface area contributed by atoms with Gasteiger partial charge in [0.2, 0.25) is 5.91 Å². The molecular formula is C19H36N4O2. The fourth-order valence-electron chi connectivity index (χ4n) is 4.08. The van der Waals surface area contributed by atoms with Crippen LogP contribution in [0.2, 0.25) is 0 Å². The predicted molar refractivity (Wildman–Crippen MR) is 100 cm³/mol. The quantitative estimate of drug-likeness (QED) is 0.820. The summed E-state index contributed by atoms with van der Waals surface area (Å²) in [7, 11) is 0. The summed E-state index contributed by atoms with van der Waals surface area (Å²) >= 11 is 0. The Kier molecular flexibility index (Phi) is 5.71. The third kappa shape index (κ3) is 4.46. The van der Waals surface area contributed by atoms with E-state index in [2.05, 4.69) is 38.3 Å². The Morgan fingerprint density at radius 2 is 1.80 bits per heavy atom. The first-order chi connectivity index (χ1) is 11.4. The minimum Gasteiger partial charge on any atom is -0.333 e. The van der Waals surface area contributed by atoms with Crippen LogP contribution in [0.25, 0.3) is 0 Å². The number of amides is 3. The van der Waals surface area contributed by atoms with Crippen LogP contribution in [0.4, 0.5) is 4.79 Å². The molecule has 2 aliphatic rings. The van der Waals surface area contributed by atoms with Gasteiger partial charge in [-0.3, -0.25) is 10.1 Å². The maximum atomic E-state index is 12.9. The van der Waals surface area contributed by atoms with Crippen molar-refractivity contribution in [2.24, 2.45) is 5.92 Å². The van der Waals surface area contributed by atoms with Crippen LogP contribution in [-0.2, 0) is 4.79 Å². The summed E-state index contributed by atoms with van der Waals surface area (Å²) in [6.07, 6.45) is 2.42. The zero-order valence-corrected chi connectivity index (χ0v) is 17.0. The summed E-state index contributed by atoms with van der Waals surface area (Å²) in [4.78, 5) is 29.3. The van der Waals surface area contributed by atoms with E-state index < -0.39 is 0 Å². The van der Waals surface area contributed by atoms with Crippen molar-refractivity contribution in [3.63, 3.8) is 0 Å². The van der Waals surface area contributed by atoms with Gasteiger partial charge in [-0.15, -0.1) is 0 Å². The molecule has 1 atom stereocenters. The molecule has 2 heterocycles. The number of carbonyl (C=O) groups is 2. The molecule has 0 saturated carbocycles. The van der Waals surface area contributed by atoms with E-state index in [1.165, 1.54) is 0 Å². The SMILES string of the molecule is CC(C)CC1NC2(CCN(C(=O)NC(C)(C)C)CC2)N(C(C)C)C1=O. The maximum absolute atomic E-state index is 12.9. The Bertz CT molecular complexity index is 502. The lowest BCUT2D eigenvalue weighted by Gasteiger charge is -2.46. The molecule has 2 saturated heterocycles. The second kappa shape index (κ2) is 7.14. The van der Waals surface area contributed by atoms with Crippen molar-refractivity contribution in [1.82, 2.24) is 20.4 Å². The molecule has 144 valence electrons. The largest absolute Gasteiger partial charge is 0.333 e. The van der Waals surface area contributed by atoms with Crippen molar-refractivity contribution in [2.45, 2.75) is 91.0 Å². The van der Waals surface area contributed by atoms with Gasteiger partial charge in [0.15, 0.2) is 0 Å². The molecule has 0 bridgehead atoms. The zero-order valence-electron chi connectivity index (χ0n) is 17.0. The Morgan fingerprint density at radius 3 is 2.24 bits per heavy atom. The molecule has 0 radical (unpaired) electrons. The molecule has 2 fully saturated rings. The highest BCUT2D eigenvalue weighted by Gasteiger charge is 2.52. The van der Waals surface area contributed by atoms with E-state index in [0.29, 0.717) is 19.0 Å². The smallest absolute Gasteiger partial charge is 0.317 e. The van der Waals surface area contributed by atoms with Crippen LogP contribution in [-0.4, -0.2) is 58.1 Å². The van der Waals surface area contributed by atoms with Crippen LogP contribution in [0.15, 0.2) is 0 Å². The molecule has 0 aromatic rings. The minimum absolute atomic E-state index is 0.0125. The first kappa shape index (κ1) is 20.0. The molecule has 1 unspecified atom stereocenters. The van der Waals surface area contributed by atoms with E-state index in [1.54, 1.807) is 0 Å². The molecule has 1 spiro atoms. The predicted octanol–water partition coefficient (Wildman–Crippen LogP) is 2.54. The average Bonchev–Trinajstić information content (AvgIpc) is 2.69. The van der Waals surface area contributed by atoms with Gasteiger partial charge in [0, 0.05) is 37.5 Å². The molecule has 2 N–H and O–H groups in total. The molecule has 6 heteroatoms. The van der Waals surface area contributed by atoms with Gasteiger partial charge in [-0.25, -0.2) is 4.79 Å². The second-order valence-electron chi connectivity index (χ2n) is 9.33. The highest BCUT2D eigenvalue weighted by molar-refractivity contribution is 5.85. The second-order valence-corrected chi connectivity index (χ2v) is 9.33. The van der Waals surface area contributed by atoms with Crippen LogP contribution in [0, 0.1) is 5.92 Å². The average molecular weight is 353 g/mol. The molecule has 6 nitrogen and oxygen atoms in total. The lowest BCUT2D eigenvalue weighted by Crippen LogP contribution is -2.62. The summed E-state index contributed by atoms with van der Waals surface area (Å²) in [5, 5.41) is 6.68. The summed E-state index contributed by atoms with van der Waals surface area (Å²) in [6.45, 7) is 15.8. The summed E-state index contributed by atoms with van der Waals surface area (Å²) in [5.74, 6) is 0.694. The van der Waals surface area contributed by atoms with E-state index in [4.69, 9.17) is 0 Å². The molecule has 25 heavy (non-hydrogen) atoms. The highest BCUT2D eigenvalue weighted by Crippen LogP contribution is 2.35. The number of likely N-dealkylation sites (tertiary alicyclic amines) is 1. The standard InChI is InChI=1S/C19H36N4O2/c1-13(2)12-15-16(24)23(14(3)4)19(20-15)8-10-22(11-9-19)17(25)21-18(5,6)7/h13-15,20H,8-12H2,1-7H3,(H,21,25). The van der Waals surface area contributed by atoms with Gasteiger partial charge < -0.3 is 15.1 Å². The van der Waals surface area contributed by atoms with E-state index >= 15 is 0 Å². The highest BCUT2D eigenvalue weighted by atomic mass is 16.2. The van der Waals surface area contributed by atoms with Gasteiger partial charge >= 0.3 is 6.03 Å². The topological polar surface area (TPSA) is 64.7 Å². The van der Waals surface area contributed by atoms with Gasteiger partial charge in [-0.05, 0) is 47.0 Å². The summed E-state index contributed by atoms with van der Waals surface area (Å²) in [5.41, 5.74) is -0.538. The molecular weight excluding hydrogens is 316 g/mol. The van der Waals surface area contributed by atoms with Gasteiger partial charge in [-0.2, -0.15) is 0 Å². The summed E-state index contributed by atoms with van der Waals surface area (Å²) < 4.78 is 0. The van der Waals surface area contributed by atoms with Gasteiger partial charge in [0.25, 0.3) is 0 Å². The molecule has 0 aromatic carbocycles. The van der Waals surface area contributed by atoms with Crippen molar-refractivity contribution in [3.8, 4) is 0 Å². The van der Waals surface area contributed by atoms with Crippen LogP contribution in [0.1, 0.15) is 67.7 Å². The van der Waals surface area contributed by atoms with Gasteiger partial charge in [0.05, 0.1) is 11.7 Å². The fraction of sp³-hybridized carbons (Fsp3) is 0.895. The maximum Gasteiger partial charge on any atom is 0.317 e. The third-order valence-corrected chi connectivity index (χ3v) is 5.02. The zero-order chi connectivity index (χ0) is 19.0. The van der Waals surface area contributed by atoms with Crippen molar-refractivity contribution in [2.75, 3.05) is 13.1 Å². The molecule has 0 aromatic heterocycles. The first-order valence-corrected chi connectivity index (χ1v) is 9.63. The number of rotatable bonds is 3. The van der Waals surface area contributed by atoms with E-state index in [9.17, 15) is 9.59 Å². The normalized spacial score (nSPS) is 23.9. The van der Waals surface area contributed by atoms with Crippen molar-refractivity contribution < 1.29 is 9.59 Å². The molecule has 0 aliphatic carbocycles. The Labute approximate surface area is 152 Å². The number of hydrogen-bond acceptors (Lipinski definition) is 3. The number of carbonyl (C=O) groups excluding carboxylic acids is 2. The minimum atomic E-state index is -0.302. The van der Waals surface area contributed by atoms with E-state index in [-0.39, 0.29) is 35.2 Å². The fourth-order valence-corrected chi connectivity index (χ4v) is 4.08. The van der Waals surface area contributed by atoms with E-state index in [1.807, 2.05) is 30.6 Å². The van der Waals surface area contributed by atoms with E-state index in [0.717, 1.165) is 19.3 Å². The molecule has 2 aliphatic heterocycles. The van der Waals surface area contributed by atoms with Crippen LogP contribution in [0.5, 0.6) is 0 Å². The van der Waals surface area contributed by atoms with Crippen molar-refractivity contribution in [1.29, 1.82) is 0 Å². The molecule has 2 rings (SSSR count). The van der Waals surface area contributed by atoms with Crippen molar-refractivity contribution >= 4 is 11.9 Å². The molecule has 3 amide bonds. The lowest BCUT2D eigenvalue weighted by atomic mass is 9.94. The van der Waals surface area contributed by atoms with Crippen LogP contribution >= 0.6 is 0 Å². The summed E-state index contributed by atoms with van der Waals surface area (Å²) in [6, 6.07) is 0.0472.